The zero-order chi connectivity index (χ0) is 14.8. The van der Waals surface area contributed by atoms with Crippen molar-refractivity contribution < 1.29 is 4.79 Å². The van der Waals surface area contributed by atoms with Gasteiger partial charge in [0.25, 0.3) is 0 Å². The van der Waals surface area contributed by atoms with Crippen LogP contribution in [0.5, 0.6) is 0 Å². The Hall–Kier alpha value is -1.65. The van der Waals surface area contributed by atoms with Gasteiger partial charge in [0.1, 0.15) is 11.6 Å². The van der Waals surface area contributed by atoms with Gasteiger partial charge in [-0.15, -0.1) is 0 Å². The minimum absolute atomic E-state index is 0.00927. The number of fused-ring (bicyclic) bond motifs is 1. The highest BCUT2D eigenvalue weighted by Crippen LogP contribution is 2.30. The summed E-state index contributed by atoms with van der Waals surface area (Å²) in [5.74, 6) is 1.67. The van der Waals surface area contributed by atoms with E-state index in [9.17, 15) is 4.79 Å². The fourth-order valence-electron chi connectivity index (χ4n) is 3.61. The minimum atomic E-state index is -0.164. The predicted octanol–water partition coefficient (Wildman–Crippen LogP) is 2.12. The number of carbonyl (C=O) groups is 1. The van der Waals surface area contributed by atoms with Crippen LogP contribution in [-0.4, -0.2) is 21.9 Å². The minimum Gasteiger partial charge on any atom is -0.369 e. The molecule has 1 aromatic rings. The molecule has 0 aliphatic heterocycles. The van der Waals surface area contributed by atoms with Crippen molar-refractivity contribution in [2.24, 2.45) is 11.7 Å². The first-order valence-corrected chi connectivity index (χ1v) is 8.05. The van der Waals surface area contributed by atoms with Gasteiger partial charge in [0.2, 0.25) is 5.91 Å². The summed E-state index contributed by atoms with van der Waals surface area (Å²) in [7, 11) is 0. The standard InChI is InChI=1S/C16H24N4O/c1-10-18-14-8-3-2-7-13(14)16(19-10)20-12-6-4-5-11(9-12)15(17)21/h11-12H,2-9H2,1H3,(H2,17,21)(H,18,19,20). The molecule has 3 rings (SSSR count). The molecule has 2 aliphatic carbocycles. The fraction of sp³-hybridized carbons (Fsp3) is 0.688. The third kappa shape index (κ3) is 3.17. The topological polar surface area (TPSA) is 80.9 Å². The summed E-state index contributed by atoms with van der Waals surface area (Å²) < 4.78 is 0. The molecular formula is C16H24N4O. The van der Waals surface area contributed by atoms with E-state index in [4.69, 9.17) is 5.73 Å². The molecule has 21 heavy (non-hydrogen) atoms. The fourth-order valence-corrected chi connectivity index (χ4v) is 3.61. The SMILES string of the molecule is Cc1nc2c(c(NC3CCCC(C(N)=O)C3)n1)CCCC2. The Kier molecular flexibility index (Phi) is 4.08. The number of hydrogen-bond acceptors (Lipinski definition) is 4. The van der Waals surface area contributed by atoms with Crippen LogP contribution in [0.1, 0.15) is 55.6 Å². The van der Waals surface area contributed by atoms with Crippen molar-refractivity contribution in [2.75, 3.05) is 5.32 Å². The van der Waals surface area contributed by atoms with Crippen LogP contribution in [0.25, 0.3) is 0 Å². The average molecular weight is 288 g/mol. The van der Waals surface area contributed by atoms with E-state index in [-0.39, 0.29) is 11.8 Å². The molecule has 0 spiro atoms. The van der Waals surface area contributed by atoms with E-state index in [1.807, 2.05) is 6.92 Å². The summed E-state index contributed by atoms with van der Waals surface area (Å²) >= 11 is 0. The second-order valence-electron chi connectivity index (χ2n) is 6.36. The largest absolute Gasteiger partial charge is 0.369 e. The van der Waals surface area contributed by atoms with E-state index in [1.54, 1.807) is 0 Å². The van der Waals surface area contributed by atoms with E-state index in [1.165, 1.54) is 24.1 Å². The van der Waals surface area contributed by atoms with Gasteiger partial charge in [-0.1, -0.05) is 6.42 Å². The van der Waals surface area contributed by atoms with Crippen molar-refractivity contribution in [3.8, 4) is 0 Å². The number of anilines is 1. The zero-order valence-electron chi connectivity index (χ0n) is 12.7. The first-order valence-electron chi connectivity index (χ1n) is 8.05. The van der Waals surface area contributed by atoms with Crippen LogP contribution >= 0.6 is 0 Å². The van der Waals surface area contributed by atoms with Gasteiger partial charge in [0.05, 0.1) is 0 Å². The lowest BCUT2D eigenvalue weighted by atomic mass is 9.85. The number of carbonyl (C=O) groups excluding carboxylic acids is 1. The number of aromatic nitrogens is 2. The van der Waals surface area contributed by atoms with Gasteiger partial charge in [0.15, 0.2) is 0 Å². The Labute approximate surface area is 125 Å². The van der Waals surface area contributed by atoms with E-state index in [0.29, 0.717) is 6.04 Å². The maximum atomic E-state index is 11.4. The lowest BCUT2D eigenvalue weighted by molar-refractivity contribution is -0.122. The highest BCUT2D eigenvalue weighted by molar-refractivity contribution is 5.76. The van der Waals surface area contributed by atoms with Crippen molar-refractivity contribution in [3.05, 3.63) is 17.1 Å². The summed E-state index contributed by atoms with van der Waals surface area (Å²) in [5.41, 5.74) is 7.96. The summed E-state index contributed by atoms with van der Waals surface area (Å²) in [5, 5.41) is 3.58. The van der Waals surface area contributed by atoms with Crippen LogP contribution in [0.4, 0.5) is 5.82 Å². The monoisotopic (exact) mass is 288 g/mol. The Morgan fingerprint density at radius 1 is 1.19 bits per heavy atom. The van der Waals surface area contributed by atoms with Crippen LogP contribution in [0.15, 0.2) is 0 Å². The summed E-state index contributed by atoms with van der Waals surface area (Å²) in [6, 6.07) is 0.302. The van der Waals surface area contributed by atoms with Gasteiger partial charge < -0.3 is 11.1 Å². The van der Waals surface area contributed by atoms with E-state index in [2.05, 4.69) is 15.3 Å². The van der Waals surface area contributed by atoms with Crippen molar-refractivity contribution in [1.29, 1.82) is 0 Å². The number of hydrogen-bond donors (Lipinski definition) is 2. The van der Waals surface area contributed by atoms with Crippen molar-refractivity contribution >= 4 is 11.7 Å². The number of rotatable bonds is 3. The van der Waals surface area contributed by atoms with Crippen molar-refractivity contribution in [2.45, 2.75) is 64.3 Å². The molecule has 2 aliphatic rings. The van der Waals surface area contributed by atoms with Crippen LogP contribution in [0.3, 0.4) is 0 Å². The average Bonchev–Trinajstić information content (AvgIpc) is 2.47. The molecule has 5 heteroatoms. The molecule has 1 fully saturated rings. The number of nitrogens with two attached hydrogens (primary N) is 1. The molecule has 1 amide bonds. The number of nitrogens with one attached hydrogen (secondary N) is 1. The quantitative estimate of drug-likeness (QED) is 0.892. The zero-order valence-corrected chi connectivity index (χ0v) is 12.7. The van der Waals surface area contributed by atoms with Crippen LogP contribution in [-0.2, 0) is 17.6 Å². The molecule has 114 valence electrons. The van der Waals surface area contributed by atoms with Gasteiger partial charge in [0, 0.05) is 23.2 Å². The van der Waals surface area contributed by atoms with Crippen molar-refractivity contribution in [1.82, 2.24) is 9.97 Å². The summed E-state index contributed by atoms with van der Waals surface area (Å²) in [6.45, 7) is 1.95. The molecular weight excluding hydrogens is 264 g/mol. The number of aryl methyl sites for hydroxylation is 2. The lowest BCUT2D eigenvalue weighted by Gasteiger charge is -2.30. The maximum Gasteiger partial charge on any atom is 0.220 e. The van der Waals surface area contributed by atoms with Crippen LogP contribution in [0, 0.1) is 12.8 Å². The van der Waals surface area contributed by atoms with Gasteiger partial charge >= 0.3 is 0 Å². The Morgan fingerprint density at radius 3 is 2.81 bits per heavy atom. The molecule has 1 heterocycles. The molecule has 2 unspecified atom stereocenters. The van der Waals surface area contributed by atoms with Gasteiger partial charge in [-0.05, 0) is 51.9 Å². The Morgan fingerprint density at radius 2 is 2.00 bits per heavy atom. The van der Waals surface area contributed by atoms with E-state index >= 15 is 0 Å². The highest BCUT2D eigenvalue weighted by Gasteiger charge is 2.27. The summed E-state index contributed by atoms with van der Waals surface area (Å²) in [6.07, 6.45) is 8.44. The molecule has 1 aromatic heterocycles. The first kappa shape index (κ1) is 14.3. The predicted molar refractivity (Wildman–Crippen MR) is 82.0 cm³/mol. The van der Waals surface area contributed by atoms with Gasteiger partial charge in [-0.2, -0.15) is 0 Å². The molecule has 3 N–H and O–H groups in total. The third-order valence-corrected chi connectivity index (χ3v) is 4.71. The summed E-state index contributed by atoms with van der Waals surface area (Å²) in [4.78, 5) is 20.6. The van der Waals surface area contributed by atoms with Crippen LogP contribution in [0.2, 0.25) is 0 Å². The molecule has 2 atom stereocenters. The van der Waals surface area contributed by atoms with Crippen molar-refractivity contribution in [3.63, 3.8) is 0 Å². The maximum absolute atomic E-state index is 11.4. The lowest BCUT2D eigenvalue weighted by Crippen LogP contribution is -2.34. The number of primary amides is 1. The molecule has 0 saturated heterocycles. The smallest absolute Gasteiger partial charge is 0.220 e. The number of amides is 1. The van der Waals surface area contributed by atoms with E-state index in [0.717, 1.165) is 50.2 Å². The van der Waals surface area contributed by atoms with E-state index < -0.39 is 0 Å². The first-order chi connectivity index (χ1) is 10.1. The molecule has 0 bridgehead atoms. The molecule has 1 saturated carbocycles. The molecule has 0 aromatic carbocycles. The molecule has 5 nitrogen and oxygen atoms in total. The highest BCUT2D eigenvalue weighted by atomic mass is 16.1. The van der Waals surface area contributed by atoms with Gasteiger partial charge in [-0.3, -0.25) is 4.79 Å². The number of nitrogens with zero attached hydrogens (tertiary/aromatic N) is 2. The van der Waals surface area contributed by atoms with Crippen LogP contribution < -0.4 is 11.1 Å². The second-order valence-corrected chi connectivity index (χ2v) is 6.36. The molecule has 0 radical (unpaired) electrons. The third-order valence-electron chi connectivity index (χ3n) is 4.71. The normalized spacial score (nSPS) is 25.2. The second kappa shape index (κ2) is 6.00. The Bertz CT molecular complexity index is 543. The van der Waals surface area contributed by atoms with Gasteiger partial charge in [-0.25, -0.2) is 9.97 Å². The Balaban J connectivity index is 1.78.